The highest BCUT2D eigenvalue weighted by Crippen LogP contribution is 2.26. The van der Waals surface area contributed by atoms with Crippen LogP contribution in [0, 0.1) is 19.8 Å². The van der Waals surface area contributed by atoms with Crippen molar-refractivity contribution in [3.63, 3.8) is 0 Å². The van der Waals surface area contributed by atoms with Gasteiger partial charge in [-0.05, 0) is 55.4 Å². The smallest absolute Gasteiger partial charge is 0.140 e. The minimum atomic E-state index is 0.285. The number of carbonyl (C=O) groups excluding carboxylic acids is 1. The van der Waals surface area contributed by atoms with Crippen LogP contribution in [-0.2, 0) is 17.6 Å². The first-order chi connectivity index (χ1) is 7.61. The third-order valence-electron chi connectivity index (χ3n) is 3.89. The molecule has 1 heteroatoms. The molecule has 0 spiro atoms. The van der Waals surface area contributed by atoms with Gasteiger partial charge in [0.15, 0.2) is 0 Å². The first kappa shape index (κ1) is 11.4. The number of hydrogen-bond donors (Lipinski definition) is 0. The van der Waals surface area contributed by atoms with E-state index in [1.54, 1.807) is 0 Å². The van der Waals surface area contributed by atoms with Crippen LogP contribution >= 0.6 is 0 Å². The Bertz CT molecular complexity index is 418. The Balaban J connectivity index is 2.37. The molecule has 1 aromatic carbocycles. The van der Waals surface area contributed by atoms with Crippen LogP contribution in [0.25, 0.3) is 0 Å². The molecule has 1 aliphatic carbocycles. The second kappa shape index (κ2) is 4.40. The SMILES string of the molecule is CCC1CCc2cc(C)c(C)cc2CC1=O. The summed E-state index contributed by atoms with van der Waals surface area (Å²) < 4.78 is 0. The van der Waals surface area contributed by atoms with Crippen molar-refractivity contribution in [1.82, 2.24) is 0 Å². The van der Waals surface area contributed by atoms with Crippen LogP contribution in [0.1, 0.15) is 42.0 Å². The van der Waals surface area contributed by atoms with Gasteiger partial charge in [-0.15, -0.1) is 0 Å². The zero-order chi connectivity index (χ0) is 11.7. The van der Waals surface area contributed by atoms with Crippen molar-refractivity contribution in [1.29, 1.82) is 0 Å². The van der Waals surface area contributed by atoms with Crippen LogP contribution in [-0.4, -0.2) is 5.78 Å². The maximum Gasteiger partial charge on any atom is 0.140 e. The molecule has 0 heterocycles. The highest BCUT2D eigenvalue weighted by molar-refractivity contribution is 5.84. The third kappa shape index (κ3) is 2.04. The summed E-state index contributed by atoms with van der Waals surface area (Å²) in [6, 6.07) is 4.48. The van der Waals surface area contributed by atoms with Crippen molar-refractivity contribution in [2.24, 2.45) is 5.92 Å². The number of carbonyl (C=O) groups is 1. The monoisotopic (exact) mass is 216 g/mol. The average molecular weight is 216 g/mol. The number of hydrogen-bond acceptors (Lipinski definition) is 1. The van der Waals surface area contributed by atoms with Gasteiger partial charge in [0.2, 0.25) is 0 Å². The molecule has 0 fully saturated rings. The van der Waals surface area contributed by atoms with E-state index in [1.807, 2.05) is 0 Å². The molecular weight excluding hydrogens is 196 g/mol. The van der Waals surface area contributed by atoms with Crippen molar-refractivity contribution in [2.75, 3.05) is 0 Å². The summed E-state index contributed by atoms with van der Waals surface area (Å²) in [6.07, 6.45) is 3.74. The van der Waals surface area contributed by atoms with Gasteiger partial charge in [0.05, 0.1) is 0 Å². The van der Waals surface area contributed by atoms with Gasteiger partial charge in [0.1, 0.15) is 5.78 Å². The predicted molar refractivity (Wildman–Crippen MR) is 66.7 cm³/mol. The van der Waals surface area contributed by atoms with Crippen LogP contribution < -0.4 is 0 Å². The molecule has 1 atom stereocenters. The van der Waals surface area contributed by atoms with E-state index < -0.39 is 0 Å². The van der Waals surface area contributed by atoms with Gasteiger partial charge in [0, 0.05) is 12.3 Å². The molecule has 0 aromatic heterocycles. The summed E-state index contributed by atoms with van der Waals surface area (Å²) in [6.45, 7) is 6.40. The second-order valence-corrected chi connectivity index (χ2v) is 4.99. The number of ketones is 1. The lowest BCUT2D eigenvalue weighted by Gasteiger charge is -2.08. The maximum absolute atomic E-state index is 12.0. The second-order valence-electron chi connectivity index (χ2n) is 4.99. The fourth-order valence-electron chi connectivity index (χ4n) is 2.59. The van der Waals surface area contributed by atoms with Gasteiger partial charge in [-0.1, -0.05) is 19.1 Å². The van der Waals surface area contributed by atoms with E-state index in [2.05, 4.69) is 32.9 Å². The lowest BCUT2D eigenvalue weighted by atomic mass is 9.95. The van der Waals surface area contributed by atoms with Gasteiger partial charge in [0.25, 0.3) is 0 Å². The van der Waals surface area contributed by atoms with Crippen LogP contribution in [0.3, 0.4) is 0 Å². The zero-order valence-corrected chi connectivity index (χ0v) is 10.5. The largest absolute Gasteiger partial charge is 0.299 e. The molecule has 2 rings (SSSR count). The Labute approximate surface area is 97.9 Å². The first-order valence-corrected chi connectivity index (χ1v) is 6.23. The van der Waals surface area contributed by atoms with Crippen LogP contribution in [0.5, 0.6) is 0 Å². The minimum absolute atomic E-state index is 0.285. The molecule has 0 saturated carbocycles. The summed E-state index contributed by atoms with van der Waals surface area (Å²) in [7, 11) is 0. The normalized spacial score (nSPS) is 20.4. The molecule has 0 radical (unpaired) electrons. The van der Waals surface area contributed by atoms with Gasteiger partial charge in [-0.25, -0.2) is 0 Å². The molecule has 1 unspecified atom stereocenters. The van der Waals surface area contributed by atoms with Crippen LogP contribution in [0.4, 0.5) is 0 Å². The molecule has 0 aliphatic heterocycles. The lowest BCUT2D eigenvalue weighted by Crippen LogP contribution is -2.14. The van der Waals surface area contributed by atoms with Crippen molar-refractivity contribution in [3.05, 3.63) is 34.4 Å². The summed E-state index contributed by atoms with van der Waals surface area (Å²) in [5.74, 6) is 0.720. The van der Waals surface area contributed by atoms with Crippen molar-refractivity contribution < 1.29 is 4.79 Å². The molecule has 1 aliphatic rings. The fraction of sp³-hybridized carbons (Fsp3) is 0.533. The summed E-state index contributed by atoms with van der Waals surface area (Å²) in [4.78, 5) is 12.0. The third-order valence-corrected chi connectivity index (χ3v) is 3.89. The minimum Gasteiger partial charge on any atom is -0.299 e. The van der Waals surface area contributed by atoms with Crippen LogP contribution in [0.15, 0.2) is 12.1 Å². The first-order valence-electron chi connectivity index (χ1n) is 6.23. The number of aryl methyl sites for hydroxylation is 3. The molecular formula is C15H20O. The highest BCUT2D eigenvalue weighted by Gasteiger charge is 2.22. The number of benzene rings is 1. The van der Waals surface area contributed by atoms with Gasteiger partial charge in [-0.3, -0.25) is 4.79 Å². The Morgan fingerprint density at radius 2 is 1.81 bits per heavy atom. The standard InChI is InChI=1S/C15H20O/c1-4-12-5-6-13-7-10(2)11(3)8-14(13)9-15(12)16/h7-8,12H,4-6,9H2,1-3H3. The predicted octanol–water partition coefficient (Wildman–Crippen LogP) is 3.39. The van der Waals surface area contributed by atoms with Crippen molar-refractivity contribution in [3.8, 4) is 0 Å². The van der Waals surface area contributed by atoms with E-state index >= 15 is 0 Å². The highest BCUT2D eigenvalue weighted by atomic mass is 16.1. The summed E-state index contributed by atoms with van der Waals surface area (Å²) in [5, 5.41) is 0. The van der Waals surface area contributed by atoms with Crippen molar-refractivity contribution in [2.45, 2.75) is 46.5 Å². The van der Waals surface area contributed by atoms with E-state index in [0.29, 0.717) is 12.2 Å². The molecule has 0 bridgehead atoms. The molecule has 0 amide bonds. The average Bonchev–Trinajstić information content (AvgIpc) is 2.38. The molecule has 0 N–H and O–H groups in total. The number of Topliss-reactive ketones (excluding diaryl/α,β-unsaturated/α-hetero) is 1. The van der Waals surface area contributed by atoms with E-state index in [4.69, 9.17) is 0 Å². The van der Waals surface area contributed by atoms with E-state index in [1.165, 1.54) is 22.3 Å². The Morgan fingerprint density at radius 3 is 2.44 bits per heavy atom. The van der Waals surface area contributed by atoms with E-state index in [9.17, 15) is 4.79 Å². The lowest BCUT2D eigenvalue weighted by molar-refractivity contribution is -0.122. The number of rotatable bonds is 1. The van der Waals surface area contributed by atoms with Gasteiger partial charge < -0.3 is 0 Å². The fourth-order valence-corrected chi connectivity index (χ4v) is 2.59. The van der Waals surface area contributed by atoms with Crippen molar-refractivity contribution >= 4 is 5.78 Å². The Kier molecular flexibility index (Phi) is 3.13. The topological polar surface area (TPSA) is 17.1 Å². The maximum atomic E-state index is 12.0. The molecule has 16 heavy (non-hydrogen) atoms. The van der Waals surface area contributed by atoms with Gasteiger partial charge in [-0.2, -0.15) is 0 Å². The number of fused-ring (bicyclic) bond motifs is 1. The van der Waals surface area contributed by atoms with Crippen LogP contribution in [0.2, 0.25) is 0 Å². The summed E-state index contributed by atoms with van der Waals surface area (Å²) in [5.41, 5.74) is 5.32. The quantitative estimate of drug-likeness (QED) is 0.658. The molecule has 1 nitrogen and oxygen atoms in total. The zero-order valence-electron chi connectivity index (χ0n) is 10.5. The molecule has 1 aromatic rings. The molecule has 86 valence electrons. The molecule has 0 saturated heterocycles. The van der Waals surface area contributed by atoms with E-state index in [0.717, 1.165) is 19.3 Å². The Morgan fingerprint density at radius 1 is 1.19 bits per heavy atom. The van der Waals surface area contributed by atoms with Gasteiger partial charge >= 0.3 is 0 Å². The van der Waals surface area contributed by atoms with E-state index in [-0.39, 0.29) is 5.92 Å². The summed E-state index contributed by atoms with van der Waals surface area (Å²) >= 11 is 0. The Hall–Kier alpha value is -1.11.